The molecule has 2 saturated carbocycles. The Hall–Kier alpha value is -1.92. The summed E-state index contributed by atoms with van der Waals surface area (Å²) in [6, 6.07) is 7.02. The van der Waals surface area contributed by atoms with Crippen LogP contribution in [-0.4, -0.2) is 58.6 Å². The fourth-order valence-corrected chi connectivity index (χ4v) is 5.23. The number of nitrogens with zero attached hydrogens (tertiary/aromatic N) is 3. The summed E-state index contributed by atoms with van der Waals surface area (Å²) in [5.41, 5.74) is 3.34. The van der Waals surface area contributed by atoms with Crippen molar-refractivity contribution >= 4 is 5.82 Å². The van der Waals surface area contributed by atoms with Gasteiger partial charge in [0.2, 0.25) is 0 Å². The average molecular weight is 409 g/mol. The number of likely N-dealkylation sites (tertiary alicyclic amines) is 1. The maximum atomic E-state index is 4.81. The van der Waals surface area contributed by atoms with Crippen LogP contribution in [0.25, 0.3) is 11.5 Å². The molecule has 0 amide bonds. The van der Waals surface area contributed by atoms with Gasteiger partial charge >= 0.3 is 0 Å². The smallest absolute Gasteiger partial charge is 0.156 e. The number of nitrogens with one attached hydrogen (secondary N) is 3. The maximum absolute atomic E-state index is 4.81. The van der Waals surface area contributed by atoms with Gasteiger partial charge in [-0.1, -0.05) is 18.9 Å². The van der Waals surface area contributed by atoms with Gasteiger partial charge in [0.1, 0.15) is 11.5 Å². The van der Waals surface area contributed by atoms with E-state index in [0.717, 1.165) is 48.9 Å². The zero-order valence-electron chi connectivity index (χ0n) is 18.3. The van der Waals surface area contributed by atoms with Crippen LogP contribution in [0.4, 0.5) is 5.82 Å². The number of rotatable bonds is 9. The number of aryl methyl sites for hydroxylation is 1. The first kappa shape index (κ1) is 20.0. The molecule has 6 heteroatoms. The fourth-order valence-electron chi connectivity index (χ4n) is 5.23. The number of aromatic nitrogens is 3. The third-order valence-corrected chi connectivity index (χ3v) is 7.08. The highest BCUT2D eigenvalue weighted by Gasteiger charge is 2.30. The molecule has 1 atom stereocenters. The highest BCUT2D eigenvalue weighted by Crippen LogP contribution is 2.41. The van der Waals surface area contributed by atoms with Crippen LogP contribution in [-0.2, 0) is 0 Å². The molecule has 3 N–H and O–H groups in total. The number of aromatic amines is 1. The van der Waals surface area contributed by atoms with Crippen molar-refractivity contribution in [3.8, 4) is 11.5 Å². The van der Waals surface area contributed by atoms with Gasteiger partial charge in [-0.15, -0.1) is 0 Å². The van der Waals surface area contributed by atoms with Gasteiger partial charge in [-0.05, 0) is 70.2 Å². The Bertz CT molecular complexity index is 836. The Morgan fingerprint density at radius 3 is 2.77 bits per heavy atom. The molecule has 2 aromatic rings. The van der Waals surface area contributed by atoms with Crippen LogP contribution in [0.1, 0.15) is 62.3 Å². The second-order valence-electron chi connectivity index (χ2n) is 9.50. The standard InChI is InChI=1S/C24H36N6/c1-17-23(19-9-10-19)29-24(27-17)21-7-4-8-22(28-21)26-13-12-25-15-18-11-14-30(16-18)20-5-2-3-6-20/h4,7-8,18-20,25H,2-3,5-6,9-16H2,1H3,(H,26,28)(H,27,29). The summed E-state index contributed by atoms with van der Waals surface area (Å²) in [6.07, 6.45) is 9.62. The molecule has 1 unspecified atom stereocenters. The molecule has 2 aliphatic carbocycles. The normalized spacial score (nSPS) is 22.8. The third kappa shape index (κ3) is 4.70. The topological polar surface area (TPSA) is 68.9 Å². The van der Waals surface area contributed by atoms with E-state index in [4.69, 9.17) is 9.97 Å². The molecule has 3 heterocycles. The summed E-state index contributed by atoms with van der Waals surface area (Å²) >= 11 is 0. The Kier molecular flexibility index (Phi) is 6.05. The minimum atomic E-state index is 0.660. The van der Waals surface area contributed by atoms with Crippen molar-refractivity contribution in [2.45, 2.75) is 63.8 Å². The van der Waals surface area contributed by atoms with Crippen molar-refractivity contribution in [1.29, 1.82) is 0 Å². The number of hydrogen-bond acceptors (Lipinski definition) is 5. The maximum Gasteiger partial charge on any atom is 0.156 e. The molecule has 0 radical (unpaired) electrons. The largest absolute Gasteiger partial charge is 0.369 e. The molecule has 6 nitrogen and oxygen atoms in total. The molecular formula is C24H36N6. The van der Waals surface area contributed by atoms with Gasteiger partial charge in [-0.3, -0.25) is 0 Å². The molecule has 162 valence electrons. The molecule has 3 fully saturated rings. The highest BCUT2D eigenvalue weighted by atomic mass is 15.2. The van der Waals surface area contributed by atoms with Crippen LogP contribution in [0.5, 0.6) is 0 Å². The number of H-pyrrole nitrogens is 1. The van der Waals surface area contributed by atoms with Gasteiger partial charge < -0.3 is 20.5 Å². The van der Waals surface area contributed by atoms with Crippen molar-refractivity contribution in [2.75, 3.05) is 38.0 Å². The van der Waals surface area contributed by atoms with Gasteiger partial charge in [-0.2, -0.15) is 0 Å². The second-order valence-corrected chi connectivity index (χ2v) is 9.50. The molecule has 3 aliphatic rings. The summed E-state index contributed by atoms with van der Waals surface area (Å²) in [5.74, 6) is 3.29. The van der Waals surface area contributed by atoms with Gasteiger partial charge in [0.25, 0.3) is 0 Å². The minimum Gasteiger partial charge on any atom is -0.369 e. The van der Waals surface area contributed by atoms with E-state index in [1.165, 1.54) is 69.4 Å². The Morgan fingerprint density at radius 2 is 1.93 bits per heavy atom. The van der Waals surface area contributed by atoms with Crippen LogP contribution in [0.2, 0.25) is 0 Å². The van der Waals surface area contributed by atoms with Crippen LogP contribution >= 0.6 is 0 Å². The van der Waals surface area contributed by atoms with Crippen LogP contribution in [0.15, 0.2) is 18.2 Å². The molecule has 2 aromatic heterocycles. The first-order valence-corrected chi connectivity index (χ1v) is 12.0. The van der Waals surface area contributed by atoms with Crippen LogP contribution in [0, 0.1) is 12.8 Å². The predicted octanol–water partition coefficient (Wildman–Crippen LogP) is 3.92. The highest BCUT2D eigenvalue weighted by molar-refractivity contribution is 5.54. The summed E-state index contributed by atoms with van der Waals surface area (Å²) in [5, 5.41) is 7.11. The van der Waals surface area contributed by atoms with E-state index in [1.807, 2.05) is 12.1 Å². The average Bonchev–Trinajstić information content (AvgIpc) is 3.14. The minimum absolute atomic E-state index is 0.660. The molecule has 1 saturated heterocycles. The molecule has 0 spiro atoms. The molecule has 1 aliphatic heterocycles. The lowest BCUT2D eigenvalue weighted by molar-refractivity contribution is 0.236. The predicted molar refractivity (Wildman–Crippen MR) is 122 cm³/mol. The van der Waals surface area contributed by atoms with E-state index in [0.29, 0.717) is 5.92 Å². The lowest BCUT2D eigenvalue weighted by Gasteiger charge is -2.23. The number of imidazole rings is 1. The fraction of sp³-hybridized carbons (Fsp3) is 0.667. The van der Waals surface area contributed by atoms with E-state index < -0.39 is 0 Å². The third-order valence-electron chi connectivity index (χ3n) is 7.08. The molecule has 0 bridgehead atoms. The molecule has 30 heavy (non-hydrogen) atoms. The van der Waals surface area contributed by atoms with E-state index in [9.17, 15) is 0 Å². The second kappa shape index (κ2) is 9.06. The number of pyridine rings is 1. The zero-order chi connectivity index (χ0) is 20.3. The quantitative estimate of drug-likeness (QED) is 0.549. The molecular weight excluding hydrogens is 372 g/mol. The van der Waals surface area contributed by atoms with E-state index in [1.54, 1.807) is 0 Å². The lowest BCUT2D eigenvalue weighted by atomic mass is 10.1. The summed E-state index contributed by atoms with van der Waals surface area (Å²) in [6.45, 7) is 7.71. The van der Waals surface area contributed by atoms with Gasteiger partial charge in [0.05, 0.1) is 5.69 Å². The first-order valence-electron chi connectivity index (χ1n) is 12.0. The van der Waals surface area contributed by atoms with Gasteiger partial charge in [-0.25, -0.2) is 9.97 Å². The first-order chi connectivity index (χ1) is 14.8. The Labute approximate surface area is 180 Å². The van der Waals surface area contributed by atoms with Crippen molar-refractivity contribution < 1.29 is 0 Å². The van der Waals surface area contributed by atoms with Crippen molar-refractivity contribution in [2.24, 2.45) is 5.92 Å². The van der Waals surface area contributed by atoms with E-state index in [2.05, 4.69) is 33.5 Å². The Morgan fingerprint density at radius 1 is 1.07 bits per heavy atom. The Balaban J connectivity index is 1.05. The molecule has 5 rings (SSSR count). The SMILES string of the molecule is Cc1[nH]c(-c2cccc(NCCNCC3CCN(C4CCCC4)C3)n2)nc1C1CC1. The lowest BCUT2D eigenvalue weighted by Crippen LogP contribution is -2.33. The number of hydrogen-bond donors (Lipinski definition) is 3. The van der Waals surface area contributed by atoms with Crippen molar-refractivity contribution in [3.63, 3.8) is 0 Å². The monoisotopic (exact) mass is 408 g/mol. The summed E-state index contributed by atoms with van der Waals surface area (Å²) in [4.78, 5) is 15.7. The van der Waals surface area contributed by atoms with Crippen molar-refractivity contribution in [1.82, 2.24) is 25.2 Å². The van der Waals surface area contributed by atoms with Crippen LogP contribution in [0.3, 0.4) is 0 Å². The van der Waals surface area contributed by atoms with Crippen LogP contribution < -0.4 is 10.6 Å². The van der Waals surface area contributed by atoms with Gasteiger partial charge in [0.15, 0.2) is 5.82 Å². The van der Waals surface area contributed by atoms with Gasteiger partial charge in [0, 0.05) is 37.3 Å². The van der Waals surface area contributed by atoms with E-state index in [-0.39, 0.29) is 0 Å². The van der Waals surface area contributed by atoms with Crippen molar-refractivity contribution in [3.05, 3.63) is 29.6 Å². The van der Waals surface area contributed by atoms with E-state index >= 15 is 0 Å². The number of anilines is 1. The zero-order valence-corrected chi connectivity index (χ0v) is 18.3. The summed E-state index contributed by atoms with van der Waals surface area (Å²) in [7, 11) is 0. The molecule has 0 aromatic carbocycles. The summed E-state index contributed by atoms with van der Waals surface area (Å²) < 4.78 is 0.